The number of hydrogen-bond acceptors (Lipinski definition) is 3. The highest BCUT2D eigenvalue weighted by Gasteiger charge is 2.73. The van der Waals surface area contributed by atoms with Gasteiger partial charge in [0.05, 0.1) is 11.8 Å². The summed E-state index contributed by atoms with van der Waals surface area (Å²) in [6.07, 6.45) is 0. The zero-order valence-corrected chi connectivity index (χ0v) is 23.4. The number of carbonyl (C=O) groups excluding carboxylic acids is 3. The van der Waals surface area contributed by atoms with Crippen molar-refractivity contribution in [2.75, 3.05) is 5.32 Å². The zero-order chi connectivity index (χ0) is 26.4. The van der Waals surface area contributed by atoms with E-state index in [1.165, 1.54) is 0 Å². The fraction of sp³-hybridized carbons (Fsp3) is 0.276. The number of nitrogens with one attached hydrogen (secondary N) is 1. The Labute approximate surface area is 233 Å². The molecule has 3 amide bonds. The summed E-state index contributed by atoms with van der Waals surface area (Å²) in [7, 11) is 0. The summed E-state index contributed by atoms with van der Waals surface area (Å²) in [6, 6.07) is 17.6. The van der Waals surface area contributed by atoms with Crippen LogP contribution in [-0.2, 0) is 24.1 Å². The molecular weight excluding hydrogens is 575 g/mol. The number of aryl methyl sites for hydroxylation is 2. The van der Waals surface area contributed by atoms with Crippen molar-refractivity contribution in [2.45, 2.75) is 36.6 Å². The van der Waals surface area contributed by atoms with Crippen LogP contribution in [0.25, 0.3) is 0 Å². The molecule has 0 aromatic heterocycles. The van der Waals surface area contributed by atoms with E-state index in [4.69, 9.17) is 23.2 Å². The minimum Gasteiger partial charge on any atom is -0.324 e. The van der Waals surface area contributed by atoms with Crippen molar-refractivity contribution in [2.24, 2.45) is 11.8 Å². The number of imide groups is 1. The number of amides is 3. The van der Waals surface area contributed by atoms with Gasteiger partial charge in [0.15, 0.2) is 0 Å². The minimum atomic E-state index is -1.27. The van der Waals surface area contributed by atoms with Crippen LogP contribution in [0.1, 0.15) is 40.3 Å². The van der Waals surface area contributed by atoms with E-state index in [2.05, 4.69) is 21.2 Å². The van der Waals surface area contributed by atoms with Crippen molar-refractivity contribution in [3.8, 4) is 0 Å². The number of likely N-dealkylation sites (tertiary alicyclic amines) is 1. The quantitative estimate of drug-likeness (QED) is 0.298. The van der Waals surface area contributed by atoms with Crippen molar-refractivity contribution in [1.29, 1.82) is 0 Å². The van der Waals surface area contributed by atoms with E-state index in [1.54, 1.807) is 6.92 Å². The summed E-state index contributed by atoms with van der Waals surface area (Å²) >= 11 is 18.4. The summed E-state index contributed by atoms with van der Waals surface area (Å²) in [5, 5.41) is 2.87. The molecule has 0 radical (unpaired) electrons. The summed E-state index contributed by atoms with van der Waals surface area (Å²) in [4.78, 5) is 39.9. The Balaban J connectivity index is 1.43. The Kier molecular flexibility index (Phi) is 5.44. The van der Waals surface area contributed by atoms with Gasteiger partial charge in [0.1, 0.15) is 15.8 Å². The largest absolute Gasteiger partial charge is 0.324 e. The maximum Gasteiger partial charge on any atom is 0.247 e. The fourth-order valence-corrected chi connectivity index (χ4v) is 7.78. The smallest absolute Gasteiger partial charge is 0.247 e. The number of hydrogen-bond donors (Lipinski definition) is 1. The lowest BCUT2D eigenvalue weighted by molar-refractivity contribution is -0.146. The molecule has 1 saturated heterocycles. The highest BCUT2D eigenvalue weighted by molar-refractivity contribution is 9.10. The third-order valence-electron chi connectivity index (χ3n) is 8.09. The monoisotopic (exact) mass is 596 g/mol. The first-order valence-corrected chi connectivity index (χ1v) is 13.6. The van der Waals surface area contributed by atoms with E-state index in [0.29, 0.717) is 5.69 Å². The molecule has 3 atom stereocenters. The molecule has 3 aliphatic carbocycles. The highest BCUT2D eigenvalue weighted by Crippen LogP contribution is 2.69. The molecule has 1 heterocycles. The van der Waals surface area contributed by atoms with Gasteiger partial charge in [-0.1, -0.05) is 64.5 Å². The molecule has 3 aromatic rings. The predicted octanol–water partition coefficient (Wildman–Crippen LogP) is 5.99. The second kappa shape index (κ2) is 8.16. The van der Waals surface area contributed by atoms with Crippen LogP contribution in [-0.4, -0.2) is 28.7 Å². The predicted molar refractivity (Wildman–Crippen MR) is 147 cm³/mol. The molecule has 2 bridgehead atoms. The van der Waals surface area contributed by atoms with Crippen LogP contribution in [0, 0.1) is 25.7 Å². The van der Waals surface area contributed by atoms with Gasteiger partial charge in [-0.3, -0.25) is 19.3 Å². The number of benzene rings is 3. The molecule has 7 rings (SSSR count). The van der Waals surface area contributed by atoms with Crippen LogP contribution >= 0.6 is 39.1 Å². The molecule has 0 saturated carbocycles. The lowest BCUT2D eigenvalue weighted by atomic mass is 9.54. The van der Waals surface area contributed by atoms with Crippen LogP contribution in [0.4, 0.5) is 5.69 Å². The summed E-state index contributed by atoms with van der Waals surface area (Å²) in [5.41, 5.74) is 5.43. The molecule has 8 heteroatoms. The molecule has 4 aliphatic rings. The van der Waals surface area contributed by atoms with Crippen LogP contribution in [0.2, 0.25) is 0 Å². The van der Waals surface area contributed by atoms with Gasteiger partial charge in [0.25, 0.3) is 0 Å². The lowest BCUT2D eigenvalue weighted by Crippen LogP contribution is -2.57. The maximum absolute atomic E-state index is 14.0. The Hall–Kier alpha value is -2.67. The van der Waals surface area contributed by atoms with Crippen molar-refractivity contribution in [1.82, 2.24) is 4.90 Å². The van der Waals surface area contributed by atoms with Crippen molar-refractivity contribution < 1.29 is 14.4 Å². The van der Waals surface area contributed by atoms with Crippen molar-refractivity contribution in [3.05, 3.63) is 98.5 Å². The number of rotatable bonds is 3. The highest BCUT2D eigenvalue weighted by atomic mass is 79.9. The van der Waals surface area contributed by atoms with Gasteiger partial charge in [-0.25, -0.2) is 0 Å². The molecule has 3 aromatic carbocycles. The van der Waals surface area contributed by atoms with Gasteiger partial charge in [-0.05, 0) is 66.3 Å². The Bertz CT molecular complexity index is 1390. The van der Waals surface area contributed by atoms with Crippen LogP contribution < -0.4 is 5.32 Å². The number of nitrogens with zero attached hydrogens (tertiary/aromatic N) is 1. The van der Waals surface area contributed by atoms with E-state index >= 15 is 0 Å². The Morgan fingerprint density at radius 1 is 0.865 bits per heavy atom. The molecule has 188 valence electrons. The molecule has 1 fully saturated rings. The molecule has 5 nitrogen and oxygen atoms in total. The van der Waals surface area contributed by atoms with Gasteiger partial charge >= 0.3 is 0 Å². The molecule has 37 heavy (non-hydrogen) atoms. The van der Waals surface area contributed by atoms with Crippen molar-refractivity contribution >= 4 is 62.5 Å². The van der Waals surface area contributed by atoms with Crippen LogP contribution in [0.3, 0.4) is 0 Å². The van der Waals surface area contributed by atoms with E-state index in [-0.39, 0.29) is 0 Å². The number of anilines is 1. The van der Waals surface area contributed by atoms with Crippen LogP contribution in [0.5, 0.6) is 0 Å². The standard InChI is InChI=1S/C29H23BrCl2N2O3/c1-14-12-17(13-15(2)24(14)30)33-25(35)16(3)34-26(36)22-23(27(34)37)29(32)19-9-5-4-8-18(19)28(22,31)20-10-6-7-11-21(20)29/h4-13,16,22-23H,1-3H3,(H,33,35)/t16-,22-,23+,28?,29?/m1/s1. The zero-order valence-electron chi connectivity index (χ0n) is 20.3. The first-order valence-electron chi connectivity index (χ1n) is 12.0. The third-order valence-corrected chi connectivity index (χ3v) is 10.6. The van der Waals surface area contributed by atoms with E-state index in [1.807, 2.05) is 74.5 Å². The average molecular weight is 598 g/mol. The Morgan fingerprint density at radius 3 is 1.62 bits per heavy atom. The fourth-order valence-electron chi connectivity index (χ4n) is 6.45. The van der Waals surface area contributed by atoms with Crippen LogP contribution in [0.15, 0.2) is 65.1 Å². The first kappa shape index (κ1) is 24.7. The van der Waals surface area contributed by atoms with E-state index < -0.39 is 45.3 Å². The summed E-state index contributed by atoms with van der Waals surface area (Å²) < 4.78 is 0.960. The molecule has 0 spiro atoms. The number of carbonyl (C=O) groups is 3. The van der Waals surface area contributed by atoms with E-state index in [0.717, 1.165) is 42.8 Å². The molecule has 1 N–H and O–H groups in total. The van der Waals surface area contributed by atoms with Gasteiger partial charge < -0.3 is 5.32 Å². The van der Waals surface area contributed by atoms with Gasteiger partial charge in [-0.15, -0.1) is 23.2 Å². The van der Waals surface area contributed by atoms with Gasteiger partial charge in [0, 0.05) is 10.2 Å². The molecular formula is C29H23BrCl2N2O3. The lowest BCUT2D eigenvalue weighted by Gasteiger charge is -2.54. The van der Waals surface area contributed by atoms with Gasteiger partial charge in [-0.2, -0.15) is 0 Å². The summed E-state index contributed by atoms with van der Waals surface area (Å²) in [6.45, 7) is 5.42. The molecule has 0 unspecified atom stereocenters. The normalized spacial score (nSPS) is 28.0. The summed E-state index contributed by atoms with van der Waals surface area (Å²) in [5.74, 6) is -3.29. The Morgan fingerprint density at radius 2 is 1.24 bits per heavy atom. The molecule has 1 aliphatic heterocycles. The SMILES string of the molecule is Cc1cc(NC(=O)[C@@H](C)N2C(=O)[C@@H]3[C@H](C2=O)C2(Cl)c4ccccc4C3(Cl)c3ccccc32)cc(C)c1Br. The second-order valence-electron chi connectivity index (χ2n) is 10.1. The van der Waals surface area contributed by atoms with Crippen molar-refractivity contribution in [3.63, 3.8) is 0 Å². The first-order chi connectivity index (χ1) is 17.5. The van der Waals surface area contributed by atoms with E-state index in [9.17, 15) is 14.4 Å². The van der Waals surface area contributed by atoms with Gasteiger partial charge in [0.2, 0.25) is 17.7 Å². The average Bonchev–Trinajstić information content (AvgIpc) is 3.16. The third kappa shape index (κ3) is 3.06. The number of alkyl halides is 2. The maximum atomic E-state index is 14.0. The topological polar surface area (TPSA) is 66.5 Å². The second-order valence-corrected chi connectivity index (χ2v) is 12.1. The number of halogens is 3. The minimum absolute atomic E-state index is 0.462.